The third-order valence-corrected chi connectivity index (χ3v) is 6.14. The molecule has 0 aliphatic carbocycles. The van der Waals surface area contributed by atoms with Gasteiger partial charge in [0.1, 0.15) is 17.9 Å². The first-order valence-electron chi connectivity index (χ1n) is 10.5. The number of carbonyl (C=O) groups excluding carboxylic acids is 1. The van der Waals surface area contributed by atoms with Crippen molar-refractivity contribution in [2.75, 3.05) is 6.61 Å². The standard InChI is InChI=1S/C26H19NO7S/c28-23(17-4-2-1-3-5-17)18-8-11-21-22(15-18)35-26(33)27(21)12-13-34-19-9-6-16(7-10-19)14-20(24(29)30)25(31)32/h1-11,14-15H,12-13H2,(H,29,30)(H,31,32). The maximum Gasteiger partial charge on any atom is 0.343 e. The van der Waals surface area contributed by atoms with Crippen molar-refractivity contribution in [1.82, 2.24) is 4.57 Å². The SMILES string of the molecule is O=C(O)C(=Cc1ccc(OCCn2c(=O)sc3cc(C(=O)c4ccccc4)ccc32)cc1)C(=O)O. The molecule has 35 heavy (non-hydrogen) atoms. The number of carbonyl (C=O) groups is 3. The van der Waals surface area contributed by atoms with Crippen molar-refractivity contribution >= 4 is 45.4 Å². The summed E-state index contributed by atoms with van der Waals surface area (Å²) in [6.07, 6.45) is 1.06. The van der Waals surface area contributed by atoms with E-state index in [9.17, 15) is 19.2 Å². The van der Waals surface area contributed by atoms with Gasteiger partial charge in [-0.25, -0.2) is 9.59 Å². The summed E-state index contributed by atoms with van der Waals surface area (Å²) in [5, 5.41) is 17.9. The van der Waals surface area contributed by atoms with Crippen molar-refractivity contribution in [3.8, 4) is 5.75 Å². The average molecular weight is 490 g/mol. The van der Waals surface area contributed by atoms with Crippen LogP contribution in [0.15, 0.2) is 83.2 Å². The Labute approximate surface area is 203 Å². The highest BCUT2D eigenvalue weighted by molar-refractivity contribution is 7.16. The van der Waals surface area contributed by atoms with Gasteiger partial charge in [-0.15, -0.1) is 0 Å². The second kappa shape index (κ2) is 10.2. The topological polar surface area (TPSA) is 123 Å². The van der Waals surface area contributed by atoms with E-state index < -0.39 is 17.5 Å². The first kappa shape index (κ1) is 23.7. The monoisotopic (exact) mass is 489 g/mol. The van der Waals surface area contributed by atoms with E-state index >= 15 is 0 Å². The Bertz CT molecular complexity index is 1480. The minimum absolute atomic E-state index is 0.111. The fraction of sp³-hybridized carbons (Fsp3) is 0.0769. The minimum Gasteiger partial charge on any atom is -0.492 e. The molecule has 4 aromatic rings. The van der Waals surface area contributed by atoms with Crippen LogP contribution in [0, 0.1) is 0 Å². The molecule has 0 unspecified atom stereocenters. The molecule has 0 spiro atoms. The predicted molar refractivity (Wildman–Crippen MR) is 131 cm³/mol. The van der Waals surface area contributed by atoms with Crippen LogP contribution in [0.2, 0.25) is 0 Å². The lowest BCUT2D eigenvalue weighted by atomic mass is 10.0. The number of rotatable bonds is 9. The Hall–Kier alpha value is -4.50. The predicted octanol–water partition coefficient (Wildman–Crippen LogP) is 3.93. The maximum atomic E-state index is 12.7. The van der Waals surface area contributed by atoms with Crippen LogP contribution >= 0.6 is 11.3 Å². The molecule has 3 aromatic carbocycles. The molecule has 0 amide bonds. The summed E-state index contributed by atoms with van der Waals surface area (Å²) in [5.41, 5.74) is 1.46. The quantitative estimate of drug-likeness (QED) is 0.158. The van der Waals surface area contributed by atoms with Crippen molar-refractivity contribution in [2.24, 2.45) is 0 Å². The molecular weight excluding hydrogens is 470 g/mol. The van der Waals surface area contributed by atoms with E-state index in [0.717, 1.165) is 17.4 Å². The average Bonchev–Trinajstić information content (AvgIpc) is 3.17. The molecule has 0 bridgehead atoms. The number of aliphatic carboxylic acids is 2. The molecule has 0 fully saturated rings. The molecule has 0 aliphatic rings. The van der Waals surface area contributed by atoms with Crippen LogP contribution in [0.4, 0.5) is 0 Å². The summed E-state index contributed by atoms with van der Waals surface area (Å²) < 4.78 is 7.99. The van der Waals surface area contributed by atoms with Crippen molar-refractivity contribution in [1.29, 1.82) is 0 Å². The number of fused-ring (bicyclic) bond motifs is 1. The summed E-state index contributed by atoms with van der Waals surface area (Å²) in [6.45, 7) is 0.482. The van der Waals surface area contributed by atoms with Gasteiger partial charge in [0.15, 0.2) is 5.78 Å². The summed E-state index contributed by atoms with van der Waals surface area (Å²) in [6, 6.07) is 20.4. The number of hydrogen-bond donors (Lipinski definition) is 2. The molecule has 0 aliphatic heterocycles. The Morgan fingerprint density at radius 3 is 2.23 bits per heavy atom. The first-order chi connectivity index (χ1) is 16.8. The highest BCUT2D eigenvalue weighted by Crippen LogP contribution is 2.21. The summed E-state index contributed by atoms with van der Waals surface area (Å²) in [4.78, 5) is 47.0. The second-order valence-corrected chi connectivity index (χ2v) is 8.48. The summed E-state index contributed by atoms with van der Waals surface area (Å²) in [5.74, 6) is -2.68. The van der Waals surface area contributed by atoms with E-state index in [1.54, 1.807) is 71.3 Å². The molecule has 2 N–H and O–H groups in total. The van der Waals surface area contributed by atoms with Gasteiger partial charge in [-0.05, 0) is 42.0 Å². The third kappa shape index (κ3) is 5.36. The molecule has 4 rings (SSSR count). The van der Waals surface area contributed by atoms with Gasteiger partial charge in [-0.3, -0.25) is 14.2 Å². The van der Waals surface area contributed by atoms with E-state index in [4.69, 9.17) is 14.9 Å². The van der Waals surface area contributed by atoms with Crippen LogP contribution in [0.1, 0.15) is 21.5 Å². The zero-order chi connectivity index (χ0) is 24.9. The van der Waals surface area contributed by atoms with Crippen LogP contribution in [-0.2, 0) is 16.1 Å². The molecule has 1 aromatic heterocycles. The number of nitrogens with zero attached hydrogens (tertiary/aromatic N) is 1. The number of hydrogen-bond acceptors (Lipinski definition) is 6. The number of carboxylic acids is 2. The van der Waals surface area contributed by atoms with Gasteiger partial charge in [-0.2, -0.15) is 0 Å². The number of thiazole rings is 1. The fourth-order valence-corrected chi connectivity index (χ4v) is 4.43. The molecule has 0 saturated heterocycles. The van der Waals surface area contributed by atoms with Gasteiger partial charge < -0.3 is 14.9 Å². The summed E-state index contributed by atoms with van der Waals surface area (Å²) in [7, 11) is 0. The Morgan fingerprint density at radius 1 is 0.886 bits per heavy atom. The van der Waals surface area contributed by atoms with Gasteiger partial charge in [0.05, 0.1) is 16.8 Å². The Kier molecular flexibility index (Phi) is 6.88. The first-order valence-corrected chi connectivity index (χ1v) is 11.3. The Balaban J connectivity index is 1.44. The lowest BCUT2D eigenvalue weighted by Crippen LogP contribution is -2.17. The number of carboxylic acid groups (broad SMARTS) is 2. The van der Waals surface area contributed by atoms with Crippen LogP contribution in [0.3, 0.4) is 0 Å². The normalized spacial score (nSPS) is 10.6. The Morgan fingerprint density at radius 2 is 1.57 bits per heavy atom. The van der Waals surface area contributed by atoms with Gasteiger partial charge >= 0.3 is 16.8 Å². The molecule has 1 heterocycles. The van der Waals surface area contributed by atoms with Gasteiger partial charge in [0.2, 0.25) is 0 Å². The molecular formula is C26H19NO7S. The number of ketones is 1. The zero-order valence-corrected chi connectivity index (χ0v) is 19.0. The number of aromatic nitrogens is 1. The van der Waals surface area contributed by atoms with Gasteiger partial charge in [0, 0.05) is 11.1 Å². The van der Waals surface area contributed by atoms with Crippen LogP contribution in [0.25, 0.3) is 16.3 Å². The fourth-order valence-electron chi connectivity index (χ4n) is 3.47. The van der Waals surface area contributed by atoms with Crippen LogP contribution in [-0.4, -0.2) is 39.1 Å². The van der Waals surface area contributed by atoms with E-state index in [2.05, 4.69) is 0 Å². The van der Waals surface area contributed by atoms with Crippen molar-refractivity contribution in [3.05, 3.63) is 105 Å². The molecule has 176 valence electrons. The van der Waals surface area contributed by atoms with E-state index in [1.165, 1.54) is 0 Å². The van der Waals surface area contributed by atoms with Crippen molar-refractivity contribution in [3.63, 3.8) is 0 Å². The molecule has 9 heteroatoms. The highest BCUT2D eigenvalue weighted by atomic mass is 32.1. The van der Waals surface area contributed by atoms with Gasteiger partial charge in [-0.1, -0.05) is 53.8 Å². The van der Waals surface area contributed by atoms with E-state index in [-0.39, 0.29) is 23.8 Å². The highest BCUT2D eigenvalue weighted by Gasteiger charge is 2.16. The van der Waals surface area contributed by atoms with Gasteiger partial charge in [0.25, 0.3) is 0 Å². The zero-order valence-electron chi connectivity index (χ0n) is 18.2. The molecule has 0 atom stereocenters. The lowest BCUT2D eigenvalue weighted by molar-refractivity contribution is -0.140. The largest absolute Gasteiger partial charge is 0.492 e. The lowest BCUT2D eigenvalue weighted by Gasteiger charge is -2.08. The third-order valence-electron chi connectivity index (χ3n) is 5.20. The van der Waals surface area contributed by atoms with Crippen LogP contribution < -0.4 is 9.61 Å². The second-order valence-electron chi connectivity index (χ2n) is 7.48. The minimum atomic E-state index is -1.53. The molecule has 0 radical (unpaired) electrons. The number of ether oxygens (including phenoxy) is 1. The smallest absolute Gasteiger partial charge is 0.343 e. The number of benzene rings is 3. The van der Waals surface area contributed by atoms with E-state index in [1.807, 2.05) is 6.07 Å². The molecule has 0 saturated carbocycles. The van der Waals surface area contributed by atoms with Crippen LogP contribution in [0.5, 0.6) is 5.75 Å². The van der Waals surface area contributed by atoms with E-state index in [0.29, 0.717) is 32.7 Å². The maximum absolute atomic E-state index is 12.7. The van der Waals surface area contributed by atoms with Crippen molar-refractivity contribution < 1.29 is 29.3 Å². The van der Waals surface area contributed by atoms with Crippen molar-refractivity contribution in [2.45, 2.75) is 6.54 Å². The molecule has 8 nitrogen and oxygen atoms in total. The summed E-state index contributed by atoms with van der Waals surface area (Å²) >= 11 is 1.06.